The summed E-state index contributed by atoms with van der Waals surface area (Å²) < 4.78 is 32.5. The molecule has 1 atom stereocenters. The van der Waals surface area contributed by atoms with Crippen LogP contribution in [0.15, 0.2) is 42.5 Å². The van der Waals surface area contributed by atoms with Crippen LogP contribution in [0.2, 0.25) is 0 Å². The number of rotatable bonds is 5. The van der Waals surface area contributed by atoms with Crippen LogP contribution in [-0.4, -0.2) is 62.2 Å². The maximum atomic E-state index is 13.5. The Morgan fingerprint density at radius 3 is 2.41 bits per heavy atom. The highest BCUT2D eigenvalue weighted by atomic mass is 19.1. The van der Waals surface area contributed by atoms with Gasteiger partial charge in [-0.15, -0.1) is 0 Å². The number of anilines is 1. The van der Waals surface area contributed by atoms with Gasteiger partial charge < -0.3 is 9.64 Å². The number of hydrogen-bond donors (Lipinski definition) is 0. The highest BCUT2D eigenvalue weighted by Gasteiger charge is 2.28. The third-order valence-electron chi connectivity index (χ3n) is 6.07. The summed E-state index contributed by atoms with van der Waals surface area (Å²) in [6.07, 6.45) is 2.30. The highest BCUT2D eigenvalue weighted by Crippen LogP contribution is 2.29. The monoisotopic (exact) mass is 401 g/mol. The Hall–Kier alpha value is -2.18. The average Bonchev–Trinajstić information content (AvgIpc) is 2.73. The first kappa shape index (κ1) is 20.1. The molecule has 0 amide bonds. The van der Waals surface area contributed by atoms with Crippen LogP contribution in [0.3, 0.4) is 0 Å². The molecule has 29 heavy (non-hydrogen) atoms. The second-order valence-electron chi connectivity index (χ2n) is 8.00. The molecule has 2 heterocycles. The van der Waals surface area contributed by atoms with Crippen molar-refractivity contribution in [3.63, 3.8) is 0 Å². The Balaban J connectivity index is 1.34. The number of para-hydroxylation sites is 2. The smallest absolute Gasteiger partial charge is 0.142 e. The minimum absolute atomic E-state index is 0.499. The fraction of sp³-hybridized carbons (Fsp3) is 0.478. The first-order valence-electron chi connectivity index (χ1n) is 10.4. The zero-order valence-corrected chi connectivity index (χ0v) is 17.0. The first-order valence-corrected chi connectivity index (χ1v) is 10.4. The van der Waals surface area contributed by atoms with Gasteiger partial charge in [0.1, 0.15) is 17.4 Å². The van der Waals surface area contributed by atoms with E-state index in [2.05, 4.69) is 26.8 Å². The van der Waals surface area contributed by atoms with Crippen LogP contribution < -0.4 is 9.64 Å². The molecule has 2 aliphatic rings. The molecule has 0 aromatic heterocycles. The molecule has 0 bridgehead atoms. The summed E-state index contributed by atoms with van der Waals surface area (Å²) in [6.45, 7) is 6.53. The molecule has 2 saturated heterocycles. The van der Waals surface area contributed by atoms with Crippen molar-refractivity contribution in [1.29, 1.82) is 0 Å². The van der Waals surface area contributed by atoms with Crippen molar-refractivity contribution in [2.75, 3.05) is 51.3 Å². The Morgan fingerprint density at radius 2 is 1.69 bits per heavy atom. The Kier molecular flexibility index (Phi) is 6.31. The lowest BCUT2D eigenvalue weighted by molar-refractivity contribution is 0.0886. The van der Waals surface area contributed by atoms with E-state index >= 15 is 0 Å². The van der Waals surface area contributed by atoms with Crippen LogP contribution in [0.1, 0.15) is 18.4 Å². The number of halogens is 2. The summed E-state index contributed by atoms with van der Waals surface area (Å²) in [7, 11) is 1.72. The van der Waals surface area contributed by atoms with E-state index in [1.165, 1.54) is 18.6 Å². The van der Waals surface area contributed by atoms with Crippen molar-refractivity contribution in [2.24, 2.45) is 0 Å². The zero-order chi connectivity index (χ0) is 20.2. The van der Waals surface area contributed by atoms with Crippen molar-refractivity contribution in [1.82, 2.24) is 9.80 Å². The first-order chi connectivity index (χ1) is 14.1. The second-order valence-corrected chi connectivity index (χ2v) is 8.00. The molecule has 4 nitrogen and oxygen atoms in total. The van der Waals surface area contributed by atoms with Gasteiger partial charge in [-0.1, -0.05) is 12.1 Å². The molecule has 0 spiro atoms. The van der Waals surface area contributed by atoms with Crippen LogP contribution in [-0.2, 0) is 6.54 Å². The van der Waals surface area contributed by atoms with E-state index in [1.54, 1.807) is 7.11 Å². The largest absolute Gasteiger partial charge is 0.495 e. The van der Waals surface area contributed by atoms with Gasteiger partial charge in [0, 0.05) is 51.4 Å². The van der Waals surface area contributed by atoms with E-state index in [0.717, 1.165) is 63.2 Å². The molecule has 2 fully saturated rings. The second kappa shape index (κ2) is 9.09. The third-order valence-corrected chi connectivity index (χ3v) is 6.07. The number of piperidine rings is 1. The summed E-state index contributed by atoms with van der Waals surface area (Å²) >= 11 is 0. The molecule has 156 valence electrons. The lowest BCUT2D eigenvalue weighted by atomic mass is 10.0. The molecule has 0 unspecified atom stereocenters. The molecule has 2 aromatic carbocycles. The molecule has 0 saturated carbocycles. The van der Waals surface area contributed by atoms with E-state index < -0.39 is 11.6 Å². The SMILES string of the molecule is COc1ccccc1N1CCN([C@H]2CCCN(Cc3cc(F)cc(F)c3)C2)CC1. The quantitative estimate of drug-likeness (QED) is 0.759. The maximum absolute atomic E-state index is 13.5. The van der Waals surface area contributed by atoms with Crippen molar-refractivity contribution in [2.45, 2.75) is 25.4 Å². The van der Waals surface area contributed by atoms with Gasteiger partial charge in [-0.2, -0.15) is 0 Å². The Bertz CT molecular complexity index is 803. The van der Waals surface area contributed by atoms with Crippen LogP contribution in [0.25, 0.3) is 0 Å². The van der Waals surface area contributed by atoms with Crippen molar-refractivity contribution in [3.05, 3.63) is 59.7 Å². The zero-order valence-electron chi connectivity index (χ0n) is 17.0. The summed E-state index contributed by atoms with van der Waals surface area (Å²) in [4.78, 5) is 7.30. The van der Waals surface area contributed by atoms with Crippen LogP contribution in [0.4, 0.5) is 14.5 Å². The minimum Gasteiger partial charge on any atom is -0.495 e. The van der Waals surface area contributed by atoms with E-state index in [9.17, 15) is 8.78 Å². The van der Waals surface area contributed by atoms with Gasteiger partial charge >= 0.3 is 0 Å². The van der Waals surface area contributed by atoms with Crippen molar-refractivity contribution >= 4 is 5.69 Å². The molecule has 0 radical (unpaired) electrons. The summed E-state index contributed by atoms with van der Waals surface area (Å²) in [5.74, 6) is -0.0749. The Morgan fingerprint density at radius 1 is 0.966 bits per heavy atom. The Labute approximate surface area is 171 Å². The molecular weight excluding hydrogens is 372 g/mol. The average molecular weight is 402 g/mol. The molecular formula is C23H29F2N3O. The molecule has 4 rings (SSSR count). The van der Waals surface area contributed by atoms with Crippen molar-refractivity contribution < 1.29 is 13.5 Å². The van der Waals surface area contributed by atoms with Gasteiger partial charge in [0.05, 0.1) is 12.8 Å². The number of piperazine rings is 1. The van der Waals surface area contributed by atoms with Gasteiger partial charge in [0.25, 0.3) is 0 Å². The standard InChI is InChI=1S/C23H29F2N3O/c1-29-23-7-3-2-6-22(23)28-11-9-27(10-12-28)21-5-4-8-26(17-21)16-18-13-19(24)15-20(25)14-18/h2-3,6-7,13-15,21H,4-5,8-12,16-17H2,1H3/t21-/m0/s1. The number of ether oxygens (including phenoxy) is 1. The molecule has 0 N–H and O–H groups in total. The lowest BCUT2D eigenvalue weighted by Gasteiger charge is -2.44. The molecule has 6 heteroatoms. The number of methoxy groups -OCH3 is 1. The lowest BCUT2D eigenvalue weighted by Crippen LogP contribution is -2.55. The predicted molar refractivity (Wildman–Crippen MR) is 111 cm³/mol. The van der Waals surface area contributed by atoms with Gasteiger partial charge in [0.15, 0.2) is 0 Å². The van der Waals surface area contributed by atoms with Crippen molar-refractivity contribution in [3.8, 4) is 5.75 Å². The topological polar surface area (TPSA) is 19.0 Å². The van der Waals surface area contributed by atoms with Crippen LogP contribution >= 0.6 is 0 Å². The molecule has 2 aliphatic heterocycles. The molecule has 0 aliphatic carbocycles. The fourth-order valence-electron chi connectivity index (χ4n) is 4.65. The van der Waals surface area contributed by atoms with Gasteiger partial charge in [-0.3, -0.25) is 9.80 Å². The summed E-state index contributed by atoms with van der Waals surface area (Å²) in [5.41, 5.74) is 1.87. The van der Waals surface area contributed by atoms with E-state index in [0.29, 0.717) is 18.2 Å². The van der Waals surface area contributed by atoms with Gasteiger partial charge in [-0.05, 0) is 49.2 Å². The van der Waals surface area contributed by atoms with Crippen LogP contribution in [0, 0.1) is 11.6 Å². The maximum Gasteiger partial charge on any atom is 0.142 e. The number of benzene rings is 2. The van der Waals surface area contributed by atoms with E-state index in [4.69, 9.17) is 4.74 Å². The van der Waals surface area contributed by atoms with E-state index in [1.807, 2.05) is 12.1 Å². The number of hydrogen-bond acceptors (Lipinski definition) is 4. The summed E-state index contributed by atoms with van der Waals surface area (Å²) in [6, 6.07) is 12.5. The fourth-order valence-corrected chi connectivity index (χ4v) is 4.65. The predicted octanol–water partition coefficient (Wildman–Crippen LogP) is 3.76. The third kappa shape index (κ3) is 4.87. The van der Waals surface area contributed by atoms with Gasteiger partial charge in [-0.25, -0.2) is 8.78 Å². The summed E-state index contributed by atoms with van der Waals surface area (Å²) in [5, 5.41) is 0. The molecule has 2 aromatic rings. The van der Waals surface area contributed by atoms with Gasteiger partial charge in [0.2, 0.25) is 0 Å². The number of nitrogens with zero attached hydrogens (tertiary/aromatic N) is 3. The number of likely N-dealkylation sites (tertiary alicyclic amines) is 1. The van der Waals surface area contributed by atoms with Crippen LogP contribution in [0.5, 0.6) is 5.75 Å². The highest BCUT2D eigenvalue weighted by molar-refractivity contribution is 5.58. The minimum atomic E-state index is -0.499. The van der Waals surface area contributed by atoms with E-state index in [-0.39, 0.29) is 0 Å². The normalized spacial score (nSPS) is 21.3.